The van der Waals surface area contributed by atoms with Crippen LogP contribution in [0.1, 0.15) is 0 Å². The van der Waals surface area contributed by atoms with E-state index in [9.17, 15) is 0 Å². The third kappa shape index (κ3) is 1.75. The van der Waals surface area contributed by atoms with E-state index in [0.29, 0.717) is 10.2 Å². The van der Waals surface area contributed by atoms with Gasteiger partial charge >= 0.3 is 0 Å². The molecule has 1 aliphatic rings. The van der Waals surface area contributed by atoms with E-state index in [-0.39, 0.29) is 0 Å². The van der Waals surface area contributed by atoms with Crippen LogP contribution in [0, 0.1) is 0 Å². The second kappa shape index (κ2) is 2.78. The Labute approximate surface area is 67.5 Å². The molecule has 2 nitrogen and oxygen atoms in total. The Balaban J connectivity index is 2.75. The van der Waals surface area contributed by atoms with Gasteiger partial charge in [-0.15, -0.1) is 0 Å². The molecule has 1 heterocycles. The molecule has 0 saturated carbocycles. The van der Waals surface area contributed by atoms with Gasteiger partial charge in [-0.05, 0) is 0 Å². The van der Waals surface area contributed by atoms with Gasteiger partial charge in [0.1, 0.15) is 5.16 Å². The van der Waals surface area contributed by atoms with Gasteiger partial charge in [-0.25, -0.2) is 0 Å². The van der Waals surface area contributed by atoms with Crippen LogP contribution in [-0.2, 0) is 0 Å². The van der Waals surface area contributed by atoms with E-state index in [0.717, 1.165) is 0 Å². The zero-order chi connectivity index (χ0) is 6.85. The summed E-state index contributed by atoms with van der Waals surface area (Å²) in [6.45, 7) is 0. The summed E-state index contributed by atoms with van der Waals surface area (Å²) in [5.41, 5.74) is -0.486. The largest absolute Gasteiger partial charge is 0.341 e. The van der Waals surface area contributed by atoms with Crippen molar-refractivity contribution in [1.82, 2.24) is 5.32 Å². The van der Waals surface area contributed by atoms with Crippen molar-refractivity contribution < 1.29 is 0 Å². The Bertz CT molecular complexity index is 175. The average Bonchev–Trinajstić information content (AvgIpc) is 1.80. The van der Waals surface area contributed by atoms with Crippen LogP contribution >= 0.6 is 34.8 Å². The van der Waals surface area contributed by atoms with Crippen molar-refractivity contribution in [3.63, 3.8) is 0 Å². The van der Waals surface area contributed by atoms with Crippen LogP contribution in [0.4, 0.5) is 0 Å². The molecule has 1 N–H and O–H groups in total. The number of nitrogens with one attached hydrogen (secondary N) is 1. The molecule has 0 aromatic carbocycles. The van der Waals surface area contributed by atoms with Gasteiger partial charge < -0.3 is 5.32 Å². The molecule has 0 radical (unpaired) electrons. The molecule has 0 bridgehead atoms. The maximum atomic E-state index is 5.52. The Hall–Kier alpha value is 0.0800. The van der Waals surface area contributed by atoms with Gasteiger partial charge in [0.05, 0.1) is 5.03 Å². The van der Waals surface area contributed by atoms with Gasteiger partial charge in [-0.2, -0.15) is 0 Å². The molecule has 1 unspecified atom stereocenters. The zero-order valence-corrected chi connectivity index (χ0v) is 6.50. The fourth-order valence-corrected chi connectivity index (χ4v) is 0.883. The highest BCUT2D eigenvalue weighted by Gasteiger charge is 2.09. The van der Waals surface area contributed by atoms with Crippen molar-refractivity contribution in [3.8, 4) is 0 Å². The average molecular weight is 185 g/mol. The maximum absolute atomic E-state index is 5.52. The lowest BCUT2D eigenvalue weighted by molar-refractivity contribution is 0.789. The molecular formula is C4H3Cl3N2. The molecule has 0 fully saturated rings. The fraction of sp³-hybridized carbons (Fsp3) is 0.250. The minimum absolute atomic E-state index is 0.340. The highest BCUT2D eigenvalue weighted by Crippen LogP contribution is 2.15. The first-order valence-corrected chi connectivity index (χ1v) is 3.38. The molecular weight excluding hydrogens is 182 g/mol. The smallest absolute Gasteiger partial charge is 0.196 e. The topological polar surface area (TPSA) is 24.4 Å². The molecule has 9 heavy (non-hydrogen) atoms. The number of nitrogens with zero attached hydrogens (tertiary/aromatic N) is 1. The van der Waals surface area contributed by atoms with Crippen LogP contribution in [0.2, 0.25) is 0 Å². The summed E-state index contributed by atoms with van der Waals surface area (Å²) in [4.78, 5) is 3.72. The van der Waals surface area contributed by atoms with Crippen molar-refractivity contribution in [1.29, 1.82) is 0 Å². The second-order valence-electron chi connectivity index (χ2n) is 1.42. The van der Waals surface area contributed by atoms with Crippen LogP contribution in [0.5, 0.6) is 0 Å². The molecule has 5 heteroatoms. The first kappa shape index (κ1) is 7.19. The molecule has 0 spiro atoms. The number of hydrogen-bond donors (Lipinski definition) is 1. The lowest BCUT2D eigenvalue weighted by atomic mass is 10.6. The molecule has 1 rings (SSSR count). The van der Waals surface area contributed by atoms with Gasteiger partial charge in [0.25, 0.3) is 0 Å². The summed E-state index contributed by atoms with van der Waals surface area (Å²) in [6, 6.07) is 0. The van der Waals surface area contributed by atoms with Gasteiger partial charge in [0.2, 0.25) is 0 Å². The quantitative estimate of drug-likeness (QED) is 0.452. The molecule has 0 aliphatic carbocycles. The van der Waals surface area contributed by atoms with E-state index >= 15 is 0 Å². The van der Waals surface area contributed by atoms with E-state index in [1.807, 2.05) is 0 Å². The number of halogens is 3. The Morgan fingerprint density at radius 3 is 2.67 bits per heavy atom. The van der Waals surface area contributed by atoms with Gasteiger partial charge in [0, 0.05) is 6.21 Å². The van der Waals surface area contributed by atoms with Gasteiger partial charge in [-0.3, -0.25) is 4.99 Å². The lowest BCUT2D eigenvalue weighted by Crippen LogP contribution is -2.22. The van der Waals surface area contributed by atoms with Crippen molar-refractivity contribution in [2.45, 2.75) is 5.62 Å². The summed E-state index contributed by atoms with van der Waals surface area (Å²) in [6.07, 6.45) is 1.41. The summed E-state index contributed by atoms with van der Waals surface area (Å²) >= 11 is 16.5. The highest BCUT2D eigenvalue weighted by molar-refractivity contribution is 6.46. The Morgan fingerprint density at radius 2 is 2.22 bits per heavy atom. The summed E-state index contributed by atoms with van der Waals surface area (Å²) in [5, 5.41) is 3.33. The van der Waals surface area contributed by atoms with Gasteiger partial charge in [0.15, 0.2) is 5.62 Å². The summed E-state index contributed by atoms with van der Waals surface area (Å²) in [7, 11) is 0. The lowest BCUT2D eigenvalue weighted by Gasteiger charge is -2.11. The summed E-state index contributed by atoms with van der Waals surface area (Å²) in [5.74, 6) is 0. The molecule has 0 aromatic heterocycles. The normalized spacial score (nSPS) is 26.3. The molecule has 0 amide bonds. The zero-order valence-electron chi connectivity index (χ0n) is 4.24. The minimum Gasteiger partial charge on any atom is -0.341 e. The maximum Gasteiger partial charge on any atom is 0.196 e. The number of hydrogen-bond acceptors (Lipinski definition) is 2. The van der Waals surface area contributed by atoms with Crippen molar-refractivity contribution in [2.75, 3.05) is 0 Å². The number of aliphatic imine (C=N–C) groups is 1. The monoisotopic (exact) mass is 184 g/mol. The number of rotatable bonds is 0. The Kier molecular flexibility index (Phi) is 2.22. The number of alkyl halides is 1. The predicted octanol–water partition coefficient (Wildman–Crippen LogP) is 1.83. The Morgan fingerprint density at radius 1 is 1.56 bits per heavy atom. The van der Waals surface area contributed by atoms with E-state index in [2.05, 4.69) is 10.3 Å². The van der Waals surface area contributed by atoms with Crippen molar-refractivity contribution in [3.05, 3.63) is 10.2 Å². The van der Waals surface area contributed by atoms with E-state index < -0.39 is 5.62 Å². The van der Waals surface area contributed by atoms with E-state index in [4.69, 9.17) is 34.8 Å². The predicted molar refractivity (Wildman–Crippen MR) is 40.0 cm³/mol. The first-order valence-electron chi connectivity index (χ1n) is 2.19. The minimum atomic E-state index is -0.486. The molecule has 50 valence electrons. The second-order valence-corrected chi connectivity index (χ2v) is 2.62. The van der Waals surface area contributed by atoms with Crippen LogP contribution in [-0.4, -0.2) is 11.8 Å². The summed E-state index contributed by atoms with van der Waals surface area (Å²) < 4.78 is 0. The SMILES string of the molecule is ClC1=C(Cl)NC(Cl)N=C1. The van der Waals surface area contributed by atoms with E-state index in [1.54, 1.807) is 0 Å². The number of allylic oxidation sites excluding steroid dienone is 1. The van der Waals surface area contributed by atoms with Gasteiger partial charge in [-0.1, -0.05) is 34.8 Å². The van der Waals surface area contributed by atoms with Crippen LogP contribution in [0.15, 0.2) is 15.2 Å². The molecule has 0 aromatic rings. The standard InChI is InChI=1S/C4H3Cl3N2/c5-2-1-8-4(7)9-3(2)6/h1,4,9H. The van der Waals surface area contributed by atoms with Crippen LogP contribution in [0.3, 0.4) is 0 Å². The van der Waals surface area contributed by atoms with Crippen molar-refractivity contribution in [2.24, 2.45) is 4.99 Å². The van der Waals surface area contributed by atoms with Crippen LogP contribution < -0.4 is 5.32 Å². The third-order valence-electron chi connectivity index (χ3n) is 0.774. The molecule has 1 atom stereocenters. The molecule has 0 saturated heterocycles. The first-order chi connectivity index (χ1) is 4.20. The van der Waals surface area contributed by atoms with Crippen molar-refractivity contribution >= 4 is 41.0 Å². The van der Waals surface area contributed by atoms with E-state index in [1.165, 1.54) is 6.21 Å². The highest BCUT2D eigenvalue weighted by atomic mass is 35.5. The molecule has 1 aliphatic heterocycles. The van der Waals surface area contributed by atoms with Crippen LogP contribution in [0.25, 0.3) is 0 Å². The third-order valence-corrected chi connectivity index (χ3v) is 1.69. The fourth-order valence-electron chi connectivity index (χ4n) is 0.398.